The fourth-order valence-electron chi connectivity index (χ4n) is 3.52. The van der Waals surface area contributed by atoms with E-state index < -0.39 is 4.92 Å². The van der Waals surface area contributed by atoms with Crippen LogP contribution in [0.2, 0.25) is 0 Å². The highest BCUT2D eigenvalue weighted by Gasteiger charge is 2.37. The number of carbonyl (C=O) groups excluding carboxylic acids is 2. The first-order valence-corrected chi connectivity index (χ1v) is 10.0. The van der Waals surface area contributed by atoms with Crippen LogP contribution in [-0.4, -0.2) is 44.7 Å². The minimum Gasteiger partial charge on any atom is -0.360 e. The van der Waals surface area contributed by atoms with Gasteiger partial charge in [0.05, 0.1) is 26.6 Å². The van der Waals surface area contributed by atoms with Crippen molar-refractivity contribution in [1.29, 1.82) is 0 Å². The van der Waals surface area contributed by atoms with Crippen LogP contribution < -0.4 is 5.32 Å². The van der Waals surface area contributed by atoms with Crippen molar-refractivity contribution in [2.75, 3.05) is 18.4 Å². The third-order valence-corrected chi connectivity index (χ3v) is 6.11. The third-order valence-electron chi connectivity index (χ3n) is 5.17. The maximum Gasteiger partial charge on any atom is 0.270 e. The number of benzene rings is 2. The van der Waals surface area contributed by atoms with E-state index in [-0.39, 0.29) is 23.4 Å². The van der Waals surface area contributed by atoms with Gasteiger partial charge >= 0.3 is 0 Å². The molecule has 2 aromatic carbocycles. The van der Waals surface area contributed by atoms with E-state index in [0.29, 0.717) is 34.0 Å². The SMILES string of the molecule is O=C(Nc1nc2ccc([N+](=O)[O-])cc2s1)C1CN(C(=O)c2c[nH]c3ccccc23)C1. The fourth-order valence-corrected chi connectivity index (χ4v) is 4.42. The van der Waals surface area contributed by atoms with E-state index in [1.807, 2.05) is 24.3 Å². The smallest absolute Gasteiger partial charge is 0.270 e. The molecule has 4 aromatic rings. The number of fused-ring (bicyclic) bond motifs is 2. The van der Waals surface area contributed by atoms with E-state index in [9.17, 15) is 19.7 Å². The number of aromatic amines is 1. The average Bonchev–Trinajstić information content (AvgIpc) is 3.29. The van der Waals surface area contributed by atoms with Gasteiger partial charge in [0, 0.05) is 42.3 Å². The van der Waals surface area contributed by atoms with Gasteiger partial charge in [-0.15, -0.1) is 0 Å². The van der Waals surface area contributed by atoms with Crippen molar-refractivity contribution in [2.45, 2.75) is 0 Å². The first-order valence-electron chi connectivity index (χ1n) is 9.21. The number of nitrogens with zero attached hydrogens (tertiary/aromatic N) is 3. The molecular formula is C20H15N5O4S. The topological polar surface area (TPSA) is 121 Å². The van der Waals surface area contributed by atoms with E-state index in [2.05, 4.69) is 15.3 Å². The predicted molar refractivity (Wildman–Crippen MR) is 113 cm³/mol. The number of anilines is 1. The van der Waals surface area contributed by atoms with Crippen molar-refractivity contribution in [3.05, 3.63) is 64.3 Å². The van der Waals surface area contributed by atoms with Gasteiger partial charge in [-0.1, -0.05) is 29.5 Å². The number of hydrogen-bond donors (Lipinski definition) is 2. The predicted octanol–water partition coefficient (Wildman–Crippen LogP) is 3.40. The molecule has 0 aliphatic carbocycles. The summed E-state index contributed by atoms with van der Waals surface area (Å²) in [5, 5.41) is 14.9. The summed E-state index contributed by atoms with van der Waals surface area (Å²) < 4.78 is 0.629. The second-order valence-corrected chi connectivity index (χ2v) is 8.10. The molecule has 1 aliphatic heterocycles. The number of nitrogens with one attached hydrogen (secondary N) is 2. The van der Waals surface area contributed by atoms with Gasteiger partial charge in [-0.05, 0) is 12.1 Å². The van der Waals surface area contributed by atoms with E-state index in [4.69, 9.17) is 0 Å². The van der Waals surface area contributed by atoms with E-state index in [1.165, 1.54) is 23.5 Å². The Kier molecular flexibility index (Phi) is 4.21. The molecule has 0 unspecified atom stereocenters. The number of rotatable bonds is 4. The zero-order valence-corrected chi connectivity index (χ0v) is 16.3. The Balaban J connectivity index is 1.24. The number of aromatic nitrogens is 2. The molecule has 1 saturated heterocycles. The molecule has 0 saturated carbocycles. The summed E-state index contributed by atoms with van der Waals surface area (Å²) in [7, 11) is 0. The van der Waals surface area contributed by atoms with Crippen LogP contribution in [0.5, 0.6) is 0 Å². The summed E-state index contributed by atoms with van der Waals surface area (Å²) in [4.78, 5) is 44.7. The fraction of sp³-hybridized carbons (Fsp3) is 0.150. The van der Waals surface area contributed by atoms with Crippen LogP contribution in [-0.2, 0) is 4.79 Å². The van der Waals surface area contributed by atoms with Crippen LogP contribution >= 0.6 is 11.3 Å². The van der Waals surface area contributed by atoms with Crippen molar-refractivity contribution < 1.29 is 14.5 Å². The summed E-state index contributed by atoms with van der Waals surface area (Å²) in [6.45, 7) is 0.668. The van der Waals surface area contributed by atoms with E-state index in [1.54, 1.807) is 17.2 Å². The lowest BCUT2D eigenvalue weighted by Gasteiger charge is -2.37. The number of thiazole rings is 1. The van der Waals surface area contributed by atoms with Gasteiger partial charge < -0.3 is 15.2 Å². The molecule has 2 N–H and O–H groups in total. The highest BCUT2D eigenvalue weighted by Crippen LogP contribution is 2.30. The molecule has 9 nitrogen and oxygen atoms in total. The molecule has 0 spiro atoms. The molecule has 2 amide bonds. The molecule has 5 rings (SSSR count). The van der Waals surface area contributed by atoms with Gasteiger partial charge in [-0.3, -0.25) is 19.7 Å². The van der Waals surface area contributed by atoms with Crippen molar-refractivity contribution in [1.82, 2.24) is 14.9 Å². The van der Waals surface area contributed by atoms with Crippen molar-refractivity contribution >= 4 is 55.1 Å². The largest absolute Gasteiger partial charge is 0.360 e. The van der Waals surface area contributed by atoms with Crippen LogP contribution in [0.25, 0.3) is 21.1 Å². The van der Waals surface area contributed by atoms with Crippen LogP contribution in [0, 0.1) is 16.0 Å². The Labute approximate surface area is 173 Å². The molecule has 0 bridgehead atoms. The van der Waals surface area contributed by atoms with Gasteiger partial charge in [0.1, 0.15) is 0 Å². The summed E-state index contributed by atoms with van der Waals surface area (Å²) in [6.07, 6.45) is 1.70. The number of likely N-dealkylation sites (tertiary alicyclic amines) is 1. The maximum atomic E-state index is 12.7. The van der Waals surface area contributed by atoms with Crippen LogP contribution in [0.15, 0.2) is 48.7 Å². The number of amides is 2. The minimum atomic E-state index is -0.467. The zero-order valence-electron chi connectivity index (χ0n) is 15.5. The van der Waals surface area contributed by atoms with Gasteiger partial charge in [0.15, 0.2) is 5.13 Å². The Morgan fingerprint density at radius 3 is 2.83 bits per heavy atom. The molecule has 150 valence electrons. The van der Waals surface area contributed by atoms with Gasteiger partial charge in [0.2, 0.25) is 5.91 Å². The maximum absolute atomic E-state index is 12.7. The zero-order chi connectivity index (χ0) is 20.8. The van der Waals surface area contributed by atoms with Crippen LogP contribution in [0.3, 0.4) is 0 Å². The Hall–Kier alpha value is -3.79. The monoisotopic (exact) mass is 421 g/mol. The average molecular weight is 421 g/mol. The van der Waals surface area contributed by atoms with Crippen molar-refractivity contribution in [3.63, 3.8) is 0 Å². The highest BCUT2D eigenvalue weighted by atomic mass is 32.1. The first kappa shape index (κ1) is 18.3. The minimum absolute atomic E-state index is 0.0190. The molecule has 30 heavy (non-hydrogen) atoms. The van der Waals surface area contributed by atoms with E-state index in [0.717, 1.165) is 10.9 Å². The number of carbonyl (C=O) groups is 2. The lowest BCUT2D eigenvalue weighted by Crippen LogP contribution is -2.54. The molecule has 3 heterocycles. The molecular weight excluding hydrogens is 406 g/mol. The normalized spacial score (nSPS) is 14.1. The summed E-state index contributed by atoms with van der Waals surface area (Å²) in [5.41, 5.74) is 2.06. The van der Waals surface area contributed by atoms with Crippen molar-refractivity contribution in [3.8, 4) is 0 Å². The number of para-hydroxylation sites is 1. The van der Waals surface area contributed by atoms with Gasteiger partial charge in [-0.25, -0.2) is 4.98 Å². The second kappa shape index (κ2) is 6.92. The number of hydrogen-bond acceptors (Lipinski definition) is 6. The number of H-pyrrole nitrogens is 1. The lowest BCUT2D eigenvalue weighted by molar-refractivity contribution is -0.384. The van der Waals surface area contributed by atoms with Gasteiger partial charge in [-0.2, -0.15) is 0 Å². The lowest BCUT2D eigenvalue weighted by atomic mass is 9.98. The third kappa shape index (κ3) is 3.07. The molecule has 1 fully saturated rings. The summed E-state index contributed by atoms with van der Waals surface area (Å²) in [5.74, 6) is -0.643. The molecule has 2 aromatic heterocycles. The standard InChI is InChI=1S/C20H15N5O4S/c26-18(23-20-22-16-6-5-12(25(28)29)7-17(16)30-20)11-9-24(10-11)19(27)14-8-21-15-4-2-1-3-13(14)15/h1-8,11,21H,9-10H2,(H,22,23,26). The Morgan fingerprint density at radius 1 is 1.23 bits per heavy atom. The van der Waals surface area contributed by atoms with Crippen LogP contribution in [0.4, 0.5) is 10.8 Å². The highest BCUT2D eigenvalue weighted by molar-refractivity contribution is 7.22. The summed E-state index contributed by atoms with van der Waals surface area (Å²) >= 11 is 1.18. The summed E-state index contributed by atoms with van der Waals surface area (Å²) in [6, 6.07) is 12.0. The quantitative estimate of drug-likeness (QED) is 0.386. The second-order valence-electron chi connectivity index (χ2n) is 7.07. The Bertz CT molecular complexity index is 1320. The van der Waals surface area contributed by atoms with Gasteiger partial charge in [0.25, 0.3) is 11.6 Å². The molecule has 1 aliphatic rings. The van der Waals surface area contributed by atoms with Crippen LogP contribution in [0.1, 0.15) is 10.4 Å². The number of non-ortho nitro benzene ring substituents is 1. The number of nitro groups is 1. The molecule has 10 heteroatoms. The number of nitro benzene ring substituents is 1. The molecule has 0 radical (unpaired) electrons. The van der Waals surface area contributed by atoms with E-state index >= 15 is 0 Å². The molecule has 0 atom stereocenters. The van der Waals surface area contributed by atoms with Crippen molar-refractivity contribution in [2.24, 2.45) is 5.92 Å². The Morgan fingerprint density at radius 2 is 2.03 bits per heavy atom. The first-order chi connectivity index (χ1) is 14.5.